The lowest BCUT2D eigenvalue weighted by atomic mass is 10.1. The van der Waals surface area contributed by atoms with Crippen molar-refractivity contribution in [2.75, 3.05) is 0 Å². The summed E-state index contributed by atoms with van der Waals surface area (Å²) in [5.74, 6) is -2.17. The zero-order chi connectivity index (χ0) is 16.1. The molecule has 5 heteroatoms. The second-order valence-electron chi connectivity index (χ2n) is 4.78. The summed E-state index contributed by atoms with van der Waals surface area (Å²) in [7, 11) is 0. The van der Waals surface area contributed by atoms with Gasteiger partial charge in [0.15, 0.2) is 0 Å². The molecule has 0 radical (unpaired) electrons. The molecule has 2 aromatic carbocycles. The predicted octanol–water partition coefficient (Wildman–Crippen LogP) is 3.99. The molecule has 0 heterocycles. The molecule has 0 aliphatic heterocycles. The van der Waals surface area contributed by atoms with E-state index < -0.39 is 23.6 Å². The fourth-order valence-electron chi connectivity index (χ4n) is 1.94. The molecule has 0 aliphatic carbocycles. The molecule has 0 fully saturated rings. The molecule has 114 valence electrons. The van der Waals surface area contributed by atoms with Crippen molar-refractivity contribution in [3.63, 3.8) is 0 Å². The Balaban J connectivity index is 2.00. The summed E-state index contributed by atoms with van der Waals surface area (Å²) in [6, 6.07) is 8.22. The summed E-state index contributed by atoms with van der Waals surface area (Å²) in [6.45, 7) is 1.60. The van der Waals surface area contributed by atoms with Crippen molar-refractivity contribution in [2.45, 2.75) is 13.0 Å². The highest BCUT2D eigenvalue weighted by Crippen LogP contribution is 2.17. The molecule has 1 amide bonds. The van der Waals surface area contributed by atoms with E-state index in [1.165, 1.54) is 42.5 Å². The molecule has 0 aliphatic rings. The number of hydrogen-bond donors (Lipinski definition) is 1. The Morgan fingerprint density at radius 2 is 1.68 bits per heavy atom. The lowest BCUT2D eigenvalue weighted by molar-refractivity contribution is -0.117. The van der Waals surface area contributed by atoms with Crippen LogP contribution in [0.5, 0.6) is 0 Å². The van der Waals surface area contributed by atoms with Gasteiger partial charge in [0.25, 0.3) is 0 Å². The minimum Gasteiger partial charge on any atom is -0.346 e. The smallest absolute Gasteiger partial charge is 0.244 e. The molecule has 22 heavy (non-hydrogen) atoms. The molecule has 1 unspecified atom stereocenters. The predicted molar refractivity (Wildman–Crippen MR) is 78.3 cm³/mol. The lowest BCUT2D eigenvalue weighted by Gasteiger charge is -2.13. The molecular formula is C17H14F3NO. The average molecular weight is 305 g/mol. The van der Waals surface area contributed by atoms with Crippen LogP contribution in [-0.4, -0.2) is 5.91 Å². The number of halogens is 3. The highest BCUT2D eigenvalue weighted by atomic mass is 19.1. The molecule has 1 N–H and O–H groups in total. The number of nitrogens with one attached hydrogen (secondary N) is 1. The fourth-order valence-corrected chi connectivity index (χ4v) is 1.94. The van der Waals surface area contributed by atoms with Crippen molar-refractivity contribution < 1.29 is 18.0 Å². The molecule has 0 aromatic heterocycles. The second kappa shape index (κ2) is 6.93. The van der Waals surface area contributed by atoms with Gasteiger partial charge in [-0.3, -0.25) is 4.79 Å². The maximum atomic E-state index is 13.6. The topological polar surface area (TPSA) is 29.1 Å². The molecule has 1 atom stereocenters. The Morgan fingerprint density at radius 1 is 1.05 bits per heavy atom. The van der Waals surface area contributed by atoms with Gasteiger partial charge in [0.05, 0.1) is 6.04 Å². The van der Waals surface area contributed by atoms with E-state index in [2.05, 4.69) is 5.32 Å². The van der Waals surface area contributed by atoms with Gasteiger partial charge in [-0.25, -0.2) is 13.2 Å². The molecule has 0 bridgehead atoms. The Labute approximate surface area is 126 Å². The molecule has 2 nitrogen and oxygen atoms in total. The van der Waals surface area contributed by atoms with Gasteiger partial charge < -0.3 is 5.32 Å². The van der Waals surface area contributed by atoms with E-state index in [0.717, 1.165) is 12.1 Å². The summed E-state index contributed by atoms with van der Waals surface area (Å²) >= 11 is 0. The minimum absolute atomic E-state index is 0.199. The zero-order valence-corrected chi connectivity index (χ0v) is 11.8. The molecule has 2 aromatic rings. The van der Waals surface area contributed by atoms with Crippen LogP contribution in [0, 0.1) is 17.5 Å². The van der Waals surface area contributed by atoms with E-state index in [-0.39, 0.29) is 11.4 Å². The zero-order valence-electron chi connectivity index (χ0n) is 11.8. The first-order valence-corrected chi connectivity index (χ1v) is 6.65. The van der Waals surface area contributed by atoms with Crippen LogP contribution in [-0.2, 0) is 4.79 Å². The quantitative estimate of drug-likeness (QED) is 0.850. The molecular weight excluding hydrogens is 291 g/mol. The van der Waals surface area contributed by atoms with Crippen LogP contribution in [0.25, 0.3) is 6.08 Å². The third kappa shape index (κ3) is 4.22. The Kier molecular flexibility index (Phi) is 4.99. The van der Waals surface area contributed by atoms with Gasteiger partial charge in [0.2, 0.25) is 5.91 Å². The SMILES string of the molecule is CC(NC(=O)/C=C/c1ccc(F)cc1)c1ccc(F)cc1F. The van der Waals surface area contributed by atoms with Crippen LogP contribution in [0.1, 0.15) is 24.1 Å². The highest BCUT2D eigenvalue weighted by Gasteiger charge is 2.12. The van der Waals surface area contributed by atoms with Crippen LogP contribution in [0.4, 0.5) is 13.2 Å². The molecule has 0 spiro atoms. The lowest BCUT2D eigenvalue weighted by Crippen LogP contribution is -2.25. The third-order valence-electron chi connectivity index (χ3n) is 3.08. The first-order chi connectivity index (χ1) is 10.5. The van der Waals surface area contributed by atoms with Gasteiger partial charge in [-0.05, 0) is 36.8 Å². The average Bonchev–Trinajstić information content (AvgIpc) is 2.46. The fraction of sp³-hybridized carbons (Fsp3) is 0.118. The van der Waals surface area contributed by atoms with Crippen LogP contribution >= 0.6 is 0 Å². The van der Waals surface area contributed by atoms with Crippen LogP contribution in [0.15, 0.2) is 48.5 Å². The molecule has 0 saturated heterocycles. The van der Waals surface area contributed by atoms with Crippen molar-refractivity contribution in [2.24, 2.45) is 0 Å². The summed E-state index contributed by atoms with van der Waals surface area (Å²) in [4.78, 5) is 11.8. The Bertz CT molecular complexity index is 696. The van der Waals surface area contributed by atoms with Crippen LogP contribution in [0.2, 0.25) is 0 Å². The van der Waals surface area contributed by atoms with Crippen molar-refractivity contribution in [3.8, 4) is 0 Å². The number of carbonyl (C=O) groups is 1. The maximum Gasteiger partial charge on any atom is 0.244 e. The van der Waals surface area contributed by atoms with E-state index in [1.807, 2.05) is 0 Å². The van der Waals surface area contributed by atoms with Crippen LogP contribution in [0.3, 0.4) is 0 Å². The number of hydrogen-bond acceptors (Lipinski definition) is 1. The van der Waals surface area contributed by atoms with E-state index in [0.29, 0.717) is 5.56 Å². The van der Waals surface area contributed by atoms with E-state index in [1.54, 1.807) is 6.92 Å². The normalized spacial score (nSPS) is 12.4. The summed E-state index contributed by atoms with van der Waals surface area (Å²) < 4.78 is 39.2. The summed E-state index contributed by atoms with van der Waals surface area (Å²) in [5.41, 5.74) is 0.863. The van der Waals surface area contributed by atoms with Crippen molar-refractivity contribution >= 4 is 12.0 Å². The first-order valence-electron chi connectivity index (χ1n) is 6.65. The van der Waals surface area contributed by atoms with E-state index in [9.17, 15) is 18.0 Å². The summed E-state index contributed by atoms with van der Waals surface area (Å²) in [6.07, 6.45) is 2.79. The maximum absolute atomic E-state index is 13.6. The highest BCUT2D eigenvalue weighted by molar-refractivity contribution is 5.91. The first kappa shape index (κ1) is 15.8. The van der Waals surface area contributed by atoms with Crippen molar-refractivity contribution in [1.29, 1.82) is 0 Å². The largest absolute Gasteiger partial charge is 0.346 e. The van der Waals surface area contributed by atoms with Crippen LogP contribution < -0.4 is 5.32 Å². The van der Waals surface area contributed by atoms with Gasteiger partial charge in [-0.15, -0.1) is 0 Å². The Hall–Kier alpha value is -2.56. The van der Waals surface area contributed by atoms with Gasteiger partial charge in [0.1, 0.15) is 17.5 Å². The monoisotopic (exact) mass is 305 g/mol. The van der Waals surface area contributed by atoms with Gasteiger partial charge in [0, 0.05) is 17.7 Å². The van der Waals surface area contributed by atoms with E-state index in [4.69, 9.17) is 0 Å². The number of rotatable bonds is 4. The summed E-state index contributed by atoms with van der Waals surface area (Å²) in [5, 5.41) is 2.58. The van der Waals surface area contributed by atoms with E-state index >= 15 is 0 Å². The molecule has 0 saturated carbocycles. The van der Waals surface area contributed by atoms with Crippen molar-refractivity contribution in [3.05, 3.63) is 77.1 Å². The van der Waals surface area contributed by atoms with Crippen molar-refractivity contribution in [1.82, 2.24) is 5.32 Å². The number of carbonyl (C=O) groups excluding carboxylic acids is 1. The standard InChI is InChI=1S/C17H14F3NO/c1-11(15-8-7-14(19)10-16(15)20)21-17(22)9-4-12-2-5-13(18)6-3-12/h2-11H,1H3,(H,21,22)/b9-4+. The van der Waals surface area contributed by atoms with Gasteiger partial charge >= 0.3 is 0 Å². The second-order valence-corrected chi connectivity index (χ2v) is 4.78. The number of benzene rings is 2. The number of amides is 1. The molecule has 2 rings (SSSR count). The minimum atomic E-state index is -0.713. The third-order valence-corrected chi connectivity index (χ3v) is 3.08. The Morgan fingerprint density at radius 3 is 2.32 bits per heavy atom. The van der Waals surface area contributed by atoms with Gasteiger partial charge in [-0.1, -0.05) is 18.2 Å². The van der Waals surface area contributed by atoms with Gasteiger partial charge in [-0.2, -0.15) is 0 Å².